The minimum atomic E-state index is -0.301. The summed E-state index contributed by atoms with van der Waals surface area (Å²) in [4.78, 5) is 33.8. The number of aliphatic hydroxyl groups excluding tert-OH is 1. The summed E-state index contributed by atoms with van der Waals surface area (Å²) in [6.45, 7) is 4.27. The van der Waals surface area contributed by atoms with Crippen molar-refractivity contribution in [2.24, 2.45) is 5.41 Å². The summed E-state index contributed by atoms with van der Waals surface area (Å²) in [5, 5.41) is 12.6. The van der Waals surface area contributed by atoms with Crippen LogP contribution < -0.4 is 10.2 Å². The van der Waals surface area contributed by atoms with Gasteiger partial charge in [-0.3, -0.25) is 9.59 Å². The summed E-state index contributed by atoms with van der Waals surface area (Å²) in [6, 6.07) is 4.11. The standard InChI is InChI=1S/C22H32N4O3/c1-2-20(28)24-16-4-9-19(23-14-16)25-12-3-10-22(15-25)11-13-26(21(22)29)17-5-7-18(27)8-6-17/h4,9,14,17-18,27H,2-3,5-8,10-13,15H2,1H3,(H,24,28)/t17?,18?,22-/m1/s1. The fourth-order valence-electron chi connectivity index (χ4n) is 5.17. The Balaban J connectivity index is 1.43. The molecule has 1 spiro atoms. The third kappa shape index (κ3) is 4.10. The highest BCUT2D eigenvalue weighted by molar-refractivity contribution is 5.90. The molecule has 158 valence electrons. The maximum absolute atomic E-state index is 13.4. The average Bonchev–Trinajstić information content (AvgIpc) is 3.04. The number of hydrogen-bond donors (Lipinski definition) is 2. The van der Waals surface area contributed by atoms with Crippen molar-refractivity contribution in [1.29, 1.82) is 0 Å². The number of anilines is 2. The van der Waals surface area contributed by atoms with Crippen molar-refractivity contribution >= 4 is 23.3 Å². The largest absolute Gasteiger partial charge is 0.393 e. The van der Waals surface area contributed by atoms with Crippen molar-refractivity contribution in [3.63, 3.8) is 0 Å². The summed E-state index contributed by atoms with van der Waals surface area (Å²) in [5.41, 5.74) is 0.403. The number of carbonyl (C=O) groups is 2. The van der Waals surface area contributed by atoms with Gasteiger partial charge in [-0.15, -0.1) is 0 Å². The molecule has 2 amide bonds. The fraction of sp³-hybridized carbons (Fsp3) is 0.682. The van der Waals surface area contributed by atoms with Crippen LogP contribution in [-0.2, 0) is 9.59 Å². The first-order valence-electron chi connectivity index (χ1n) is 11.0. The number of aliphatic hydroxyl groups is 1. The first-order valence-corrected chi connectivity index (χ1v) is 11.0. The summed E-state index contributed by atoms with van der Waals surface area (Å²) in [5.74, 6) is 1.14. The fourth-order valence-corrected chi connectivity index (χ4v) is 5.17. The molecule has 3 fully saturated rings. The van der Waals surface area contributed by atoms with Gasteiger partial charge in [-0.25, -0.2) is 4.98 Å². The summed E-state index contributed by atoms with van der Waals surface area (Å²) >= 11 is 0. The third-order valence-corrected chi connectivity index (χ3v) is 6.91. The Morgan fingerprint density at radius 2 is 2.03 bits per heavy atom. The molecule has 7 heteroatoms. The smallest absolute Gasteiger partial charge is 0.230 e. The Bertz CT molecular complexity index is 745. The highest BCUT2D eigenvalue weighted by atomic mass is 16.3. The zero-order valence-electron chi connectivity index (χ0n) is 17.3. The molecule has 1 aromatic rings. The van der Waals surface area contributed by atoms with Crippen molar-refractivity contribution in [1.82, 2.24) is 9.88 Å². The summed E-state index contributed by atoms with van der Waals surface area (Å²) in [6.07, 6.45) is 8.22. The Labute approximate surface area is 172 Å². The zero-order chi connectivity index (χ0) is 20.4. The number of carbonyl (C=O) groups excluding carboxylic acids is 2. The molecule has 0 radical (unpaired) electrons. The van der Waals surface area contributed by atoms with Crippen molar-refractivity contribution < 1.29 is 14.7 Å². The molecule has 29 heavy (non-hydrogen) atoms. The van der Waals surface area contributed by atoms with Crippen LogP contribution >= 0.6 is 0 Å². The number of amides is 2. The zero-order valence-corrected chi connectivity index (χ0v) is 17.3. The normalized spacial score (nSPS) is 30.1. The van der Waals surface area contributed by atoms with E-state index < -0.39 is 0 Å². The van der Waals surface area contributed by atoms with Crippen molar-refractivity contribution in [2.75, 3.05) is 29.9 Å². The van der Waals surface area contributed by atoms with Crippen molar-refractivity contribution in [3.8, 4) is 0 Å². The molecule has 0 aromatic carbocycles. The lowest BCUT2D eigenvalue weighted by atomic mass is 9.78. The van der Waals surface area contributed by atoms with Crippen molar-refractivity contribution in [3.05, 3.63) is 18.3 Å². The molecule has 3 heterocycles. The van der Waals surface area contributed by atoms with E-state index >= 15 is 0 Å². The number of likely N-dealkylation sites (tertiary alicyclic amines) is 1. The SMILES string of the molecule is CCC(=O)Nc1ccc(N2CCC[C@@]3(CCN(C4CCC(O)CC4)C3=O)C2)nc1. The van der Waals surface area contributed by atoms with Crippen LogP contribution in [0.1, 0.15) is 58.3 Å². The van der Waals surface area contributed by atoms with Crippen LogP contribution in [0.3, 0.4) is 0 Å². The molecular formula is C22H32N4O3. The molecule has 1 saturated carbocycles. The van der Waals surface area contributed by atoms with E-state index in [0.29, 0.717) is 30.6 Å². The Morgan fingerprint density at radius 3 is 2.72 bits per heavy atom. The van der Waals surface area contributed by atoms with Crippen LogP contribution in [0.4, 0.5) is 11.5 Å². The molecule has 3 aliphatic rings. The second kappa shape index (κ2) is 8.30. The second-order valence-electron chi connectivity index (χ2n) is 8.82. The number of nitrogens with one attached hydrogen (secondary N) is 1. The lowest BCUT2D eigenvalue weighted by Crippen LogP contribution is -2.50. The van der Waals surface area contributed by atoms with Crippen LogP contribution in [0, 0.1) is 5.41 Å². The van der Waals surface area contributed by atoms with Gasteiger partial charge in [-0.05, 0) is 57.1 Å². The molecule has 4 rings (SSSR count). The van der Waals surface area contributed by atoms with Gasteiger partial charge in [0.25, 0.3) is 0 Å². The van der Waals surface area contributed by atoms with Crippen LogP contribution in [0.15, 0.2) is 18.3 Å². The van der Waals surface area contributed by atoms with E-state index in [4.69, 9.17) is 0 Å². The van der Waals surface area contributed by atoms with Crippen molar-refractivity contribution in [2.45, 2.75) is 70.4 Å². The van der Waals surface area contributed by atoms with Gasteiger partial charge < -0.3 is 20.2 Å². The molecule has 0 bridgehead atoms. The molecular weight excluding hydrogens is 368 g/mol. The highest BCUT2D eigenvalue weighted by Gasteiger charge is 2.50. The van der Waals surface area contributed by atoms with E-state index in [1.807, 2.05) is 19.1 Å². The van der Waals surface area contributed by atoms with Gasteiger partial charge in [-0.1, -0.05) is 6.92 Å². The number of rotatable bonds is 4. The lowest BCUT2D eigenvalue weighted by Gasteiger charge is -2.41. The quantitative estimate of drug-likeness (QED) is 0.811. The molecule has 2 N–H and O–H groups in total. The van der Waals surface area contributed by atoms with Crippen LogP contribution in [-0.4, -0.2) is 58.6 Å². The van der Waals surface area contributed by atoms with E-state index in [-0.39, 0.29) is 17.4 Å². The Hall–Kier alpha value is -2.15. The van der Waals surface area contributed by atoms with Gasteiger partial charge in [0, 0.05) is 32.1 Å². The predicted octanol–water partition coefficient (Wildman–Crippen LogP) is 2.55. The summed E-state index contributed by atoms with van der Waals surface area (Å²) in [7, 11) is 0. The minimum absolute atomic E-state index is 0.0247. The highest BCUT2D eigenvalue weighted by Crippen LogP contribution is 2.43. The predicted molar refractivity (Wildman–Crippen MR) is 112 cm³/mol. The van der Waals surface area contributed by atoms with Gasteiger partial charge in [0.05, 0.1) is 23.4 Å². The van der Waals surface area contributed by atoms with Crippen LogP contribution in [0.25, 0.3) is 0 Å². The molecule has 1 aromatic heterocycles. The van der Waals surface area contributed by atoms with Gasteiger partial charge in [-0.2, -0.15) is 0 Å². The Kier molecular flexibility index (Phi) is 5.76. The Morgan fingerprint density at radius 1 is 1.24 bits per heavy atom. The minimum Gasteiger partial charge on any atom is -0.393 e. The summed E-state index contributed by atoms with van der Waals surface area (Å²) < 4.78 is 0. The first-order chi connectivity index (χ1) is 14.0. The maximum Gasteiger partial charge on any atom is 0.230 e. The van der Waals surface area contributed by atoms with Gasteiger partial charge in [0.15, 0.2) is 0 Å². The second-order valence-corrected chi connectivity index (χ2v) is 8.82. The average molecular weight is 401 g/mol. The molecule has 1 atom stereocenters. The van der Waals surface area contributed by atoms with E-state index in [1.165, 1.54) is 0 Å². The number of hydrogen-bond acceptors (Lipinski definition) is 5. The molecule has 2 saturated heterocycles. The number of pyridine rings is 1. The van der Waals surface area contributed by atoms with Gasteiger partial charge >= 0.3 is 0 Å². The number of aromatic nitrogens is 1. The monoisotopic (exact) mass is 400 g/mol. The maximum atomic E-state index is 13.4. The van der Waals surface area contributed by atoms with Crippen LogP contribution in [0.5, 0.6) is 0 Å². The molecule has 7 nitrogen and oxygen atoms in total. The molecule has 1 aliphatic carbocycles. The van der Waals surface area contributed by atoms with E-state index in [0.717, 1.165) is 63.9 Å². The molecule has 2 aliphatic heterocycles. The van der Waals surface area contributed by atoms with E-state index in [2.05, 4.69) is 20.1 Å². The van der Waals surface area contributed by atoms with Gasteiger partial charge in [0.2, 0.25) is 11.8 Å². The topological polar surface area (TPSA) is 85.8 Å². The third-order valence-electron chi connectivity index (χ3n) is 6.91. The van der Waals surface area contributed by atoms with E-state index in [9.17, 15) is 14.7 Å². The number of nitrogens with zero attached hydrogens (tertiary/aromatic N) is 3. The van der Waals surface area contributed by atoms with Gasteiger partial charge in [0.1, 0.15) is 5.82 Å². The van der Waals surface area contributed by atoms with Crippen LogP contribution in [0.2, 0.25) is 0 Å². The first kappa shape index (κ1) is 20.1. The lowest BCUT2D eigenvalue weighted by molar-refractivity contribution is -0.139. The molecule has 0 unspecified atom stereocenters. The van der Waals surface area contributed by atoms with E-state index in [1.54, 1.807) is 6.20 Å². The number of piperidine rings is 1.